The monoisotopic (exact) mass is 212 g/mol. The van der Waals surface area contributed by atoms with Gasteiger partial charge in [-0.1, -0.05) is 27.7 Å². The van der Waals surface area contributed by atoms with Crippen LogP contribution < -0.4 is 0 Å². The van der Waals surface area contributed by atoms with Crippen LogP contribution in [0.4, 0.5) is 0 Å². The molecular formula is C12H24N2O. The van der Waals surface area contributed by atoms with Crippen LogP contribution in [-0.2, 0) is 4.79 Å². The highest BCUT2D eigenvalue weighted by Crippen LogP contribution is 2.08. The van der Waals surface area contributed by atoms with Gasteiger partial charge in [-0.2, -0.15) is 0 Å². The average Bonchev–Trinajstić information content (AvgIpc) is 2.20. The SMILES string of the molecule is CC.CC1=NCCCN1C(=O)CC(C)C. The van der Waals surface area contributed by atoms with Gasteiger partial charge in [0.15, 0.2) is 0 Å². The van der Waals surface area contributed by atoms with Crippen molar-refractivity contribution < 1.29 is 4.79 Å². The number of hydrogen-bond acceptors (Lipinski definition) is 2. The summed E-state index contributed by atoms with van der Waals surface area (Å²) in [6, 6.07) is 0. The Morgan fingerprint density at radius 2 is 2.07 bits per heavy atom. The van der Waals surface area contributed by atoms with E-state index in [2.05, 4.69) is 18.8 Å². The molecule has 1 rings (SSSR count). The number of rotatable bonds is 2. The van der Waals surface area contributed by atoms with Crippen molar-refractivity contribution in [3.8, 4) is 0 Å². The number of carbonyl (C=O) groups excluding carboxylic acids is 1. The zero-order valence-electron chi connectivity index (χ0n) is 10.7. The topological polar surface area (TPSA) is 32.7 Å². The molecule has 0 saturated carbocycles. The third-order valence-corrected chi connectivity index (χ3v) is 2.16. The maximum atomic E-state index is 11.7. The molecule has 0 radical (unpaired) electrons. The van der Waals surface area contributed by atoms with Crippen LogP contribution in [-0.4, -0.2) is 29.7 Å². The quantitative estimate of drug-likeness (QED) is 0.692. The lowest BCUT2D eigenvalue weighted by Crippen LogP contribution is -2.39. The molecular weight excluding hydrogens is 188 g/mol. The molecule has 0 aromatic rings. The second kappa shape index (κ2) is 7.43. The van der Waals surface area contributed by atoms with Crippen molar-refractivity contribution in [1.29, 1.82) is 0 Å². The predicted molar refractivity (Wildman–Crippen MR) is 65.1 cm³/mol. The van der Waals surface area contributed by atoms with E-state index in [-0.39, 0.29) is 5.91 Å². The van der Waals surface area contributed by atoms with Crippen molar-refractivity contribution in [2.24, 2.45) is 10.9 Å². The first-order valence-electron chi connectivity index (χ1n) is 5.92. The Morgan fingerprint density at radius 3 is 2.53 bits per heavy atom. The highest BCUT2D eigenvalue weighted by molar-refractivity contribution is 5.97. The maximum Gasteiger partial charge on any atom is 0.228 e. The highest BCUT2D eigenvalue weighted by Gasteiger charge is 2.18. The number of amides is 1. The fourth-order valence-corrected chi connectivity index (χ4v) is 1.48. The first kappa shape index (κ1) is 14.1. The lowest BCUT2D eigenvalue weighted by Gasteiger charge is -2.26. The summed E-state index contributed by atoms with van der Waals surface area (Å²) < 4.78 is 0. The van der Waals surface area contributed by atoms with Crippen molar-refractivity contribution in [3.63, 3.8) is 0 Å². The van der Waals surface area contributed by atoms with Crippen LogP contribution in [0.1, 0.15) is 47.5 Å². The highest BCUT2D eigenvalue weighted by atomic mass is 16.2. The van der Waals surface area contributed by atoms with Gasteiger partial charge in [0.05, 0.1) is 0 Å². The standard InChI is InChI=1S/C10H18N2O.C2H6/c1-8(2)7-10(13)12-6-4-5-11-9(12)3;1-2/h8H,4-7H2,1-3H3;1-2H3. The Labute approximate surface area is 93.6 Å². The van der Waals surface area contributed by atoms with Crippen molar-refractivity contribution >= 4 is 11.7 Å². The molecule has 0 aromatic carbocycles. The van der Waals surface area contributed by atoms with E-state index in [9.17, 15) is 4.79 Å². The molecule has 1 amide bonds. The molecule has 0 saturated heterocycles. The summed E-state index contributed by atoms with van der Waals surface area (Å²) in [6.45, 7) is 11.8. The number of aliphatic imine (C=N–C) groups is 1. The van der Waals surface area contributed by atoms with Crippen LogP contribution in [0.15, 0.2) is 4.99 Å². The van der Waals surface area contributed by atoms with E-state index in [0.717, 1.165) is 25.3 Å². The van der Waals surface area contributed by atoms with Crippen LogP contribution in [0.3, 0.4) is 0 Å². The molecule has 0 fully saturated rings. The van der Waals surface area contributed by atoms with Gasteiger partial charge in [-0.05, 0) is 19.3 Å². The number of nitrogens with zero attached hydrogens (tertiary/aromatic N) is 2. The molecule has 88 valence electrons. The number of hydrogen-bond donors (Lipinski definition) is 0. The fourth-order valence-electron chi connectivity index (χ4n) is 1.48. The van der Waals surface area contributed by atoms with Gasteiger partial charge in [-0.3, -0.25) is 9.79 Å². The zero-order valence-corrected chi connectivity index (χ0v) is 10.7. The van der Waals surface area contributed by atoms with E-state index in [1.807, 2.05) is 25.7 Å². The molecule has 0 spiro atoms. The molecule has 0 bridgehead atoms. The molecule has 3 heteroatoms. The Bertz CT molecular complexity index is 222. The molecule has 0 aliphatic carbocycles. The average molecular weight is 212 g/mol. The van der Waals surface area contributed by atoms with Crippen molar-refractivity contribution in [1.82, 2.24) is 4.90 Å². The third kappa shape index (κ3) is 4.96. The number of carbonyl (C=O) groups is 1. The third-order valence-electron chi connectivity index (χ3n) is 2.16. The fraction of sp³-hybridized carbons (Fsp3) is 0.833. The van der Waals surface area contributed by atoms with Gasteiger partial charge in [0.25, 0.3) is 0 Å². The van der Waals surface area contributed by atoms with Crippen LogP contribution in [0.25, 0.3) is 0 Å². The van der Waals surface area contributed by atoms with Crippen LogP contribution in [0.5, 0.6) is 0 Å². The molecule has 1 heterocycles. The summed E-state index contributed by atoms with van der Waals surface area (Å²) >= 11 is 0. The summed E-state index contributed by atoms with van der Waals surface area (Å²) in [6.07, 6.45) is 1.63. The summed E-state index contributed by atoms with van der Waals surface area (Å²) in [7, 11) is 0. The minimum Gasteiger partial charge on any atom is -0.301 e. The first-order chi connectivity index (χ1) is 7.11. The van der Waals surface area contributed by atoms with Crippen LogP contribution >= 0.6 is 0 Å². The lowest BCUT2D eigenvalue weighted by atomic mass is 10.1. The van der Waals surface area contributed by atoms with Gasteiger partial charge in [0.1, 0.15) is 5.84 Å². The summed E-state index contributed by atoms with van der Waals surface area (Å²) in [5.41, 5.74) is 0. The van der Waals surface area contributed by atoms with E-state index in [0.29, 0.717) is 12.3 Å². The summed E-state index contributed by atoms with van der Waals surface area (Å²) in [5, 5.41) is 0. The maximum absolute atomic E-state index is 11.7. The van der Waals surface area contributed by atoms with Gasteiger partial charge < -0.3 is 4.90 Å². The van der Waals surface area contributed by atoms with E-state index in [1.165, 1.54) is 0 Å². The number of amidine groups is 1. The second-order valence-corrected chi connectivity index (χ2v) is 3.93. The van der Waals surface area contributed by atoms with Gasteiger partial charge in [0.2, 0.25) is 5.91 Å². The van der Waals surface area contributed by atoms with Crippen molar-refractivity contribution in [3.05, 3.63) is 0 Å². The van der Waals surface area contributed by atoms with Crippen molar-refractivity contribution in [2.75, 3.05) is 13.1 Å². The minimum absolute atomic E-state index is 0.218. The van der Waals surface area contributed by atoms with E-state index in [1.54, 1.807) is 0 Å². The largest absolute Gasteiger partial charge is 0.301 e. The van der Waals surface area contributed by atoms with E-state index < -0.39 is 0 Å². The molecule has 0 atom stereocenters. The van der Waals surface area contributed by atoms with E-state index >= 15 is 0 Å². The predicted octanol–water partition coefficient (Wildman–Crippen LogP) is 2.71. The Morgan fingerprint density at radius 1 is 1.47 bits per heavy atom. The smallest absolute Gasteiger partial charge is 0.228 e. The van der Waals surface area contributed by atoms with Gasteiger partial charge in [-0.25, -0.2) is 0 Å². The molecule has 0 unspecified atom stereocenters. The summed E-state index contributed by atoms with van der Waals surface area (Å²) in [4.78, 5) is 17.7. The van der Waals surface area contributed by atoms with Crippen LogP contribution in [0.2, 0.25) is 0 Å². The molecule has 0 aromatic heterocycles. The summed E-state index contributed by atoms with van der Waals surface area (Å²) in [5.74, 6) is 1.54. The Kier molecular flexibility index (Phi) is 7.01. The molecule has 3 nitrogen and oxygen atoms in total. The molecule has 1 aliphatic heterocycles. The second-order valence-electron chi connectivity index (χ2n) is 3.93. The Hall–Kier alpha value is -0.860. The van der Waals surface area contributed by atoms with Crippen LogP contribution in [0, 0.1) is 5.92 Å². The Balaban J connectivity index is 0.000000921. The lowest BCUT2D eigenvalue weighted by molar-refractivity contribution is -0.128. The van der Waals surface area contributed by atoms with Crippen molar-refractivity contribution in [2.45, 2.75) is 47.5 Å². The minimum atomic E-state index is 0.218. The van der Waals surface area contributed by atoms with Gasteiger partial charge in [-0.15, -0.1) is 0 Å². The molecule has 0 N–H and O–H groups in total. The van der Waals surface area contributed by atoms with Gasteiger partial charge in [0, 0.05) is 19.5 Å². The van der Waals surface area contributed by atoms with Gasteiger partial charge >= 0.3 is 0 Å². The molecule has 15 heavy (non-hydrogen) atoms. The first-order valence-corrected chi connectivity index (χ1v) is 5.92. The normalized spacial score (nSPS) is 15.6. The molecule has 1 aliphatic rings. The van der Waals surface area contributed by atoms with E-state index in [4.69, 9.17) is 0 Å². The zero-order chi connectivity index (χ0) is 11.8.